The maximum absolute atomic E-state index is 12.5. The molecule has 0 saturated heterocycles. The molecule has 0 spiro atoms. The van der Waals surface area contributed by atoms with Gasteiger partial charge in [-0.1, -0.05) is 48.5 Å². The van der Waals surface area contributed by atoms with E-state index in [9.17, 15) is 9.59 Å². The molecule has 0 saturated carbocycles. The van der Waals surface area contributed by atoms with E-state index in [0.29, 0.717) is 16.8 Å². The second kappa shape index (κ2) is 7.33. The number of hydrogen-bond acceptors (Lipinski definition) is 3. The van der Waals surface area contributed by atoms with Crippen molar-refractivity contribution in [3.8, 4) is 0 Å². The second-order valence-electron chi connectivity index (χ2n) is 5.36. The van der Waals surface area contributed by atoms with Gasteiger partial charge in [-0.25, -0.2) is 0 Å². The topological polar surface area (TPSA) is 59.1 Å². The van der Waals surface area contributed by atoms with Crippen LogP contribution in [0.1, 0.15) is 21.5 Å². The van der Waals surface area contributed by atoms with Crippen molar-refractivity contribution < 1.29 is 9.59 Å². The average molecular weight is 316 g/mol. The van der Waals surface area contributed by atoms with Crippen LogP contribution in [-0.2, 0) is 11.2 Å². The Balaban J connectivity index is 1.71. The van der Waals surface area contributed by atoms with Crippen molar-refractivity contribution in [1.82, 2.24) is 4.98 Å². The number of nitrogens with zero attached hydrogens (tertiary/aromatic N) is 1. The quantitative estimate of drug-likeness (QED) is 0.733. The van der Waals surface area contributed by atoms with Crippen molar-refractivity contribution in [1.29, 1.82) is 0 Å². The molecule has 3 rings (SSSR count). The number of ketones is 1. The molecule has 0 radical (unpaired) electrons. The summed E-state index contributed by atoms with van der Waals surface area (Å²) in [5.41, 5.74) is 2.65. The number of pyridine rings is 1. The van der Waals surface area contributed by atoms with E-state index in [1.54, 1.807) is 54.9 Å². The highest BCUT2D eigenvalue weighted by atomic mass is 16.1. The minimum Gasteiger partial charge on any atom is -0.324 e. The fraction of sp³-hybridized carbons (Fsp3) is 0.0500. The molecule has 4 nitrogen and oxygen atoms in total. The van der Waals surface area contributed by atoms with Gasteiger partial charge in [-0.3, -0.25) is 14.6 Å². The van der Waals surface area contributed by atoms with Gasteiger partial charge in [0.2, 0.25) is 5.91 Å². The highest BCUT2D eigenvalue weighted by Crippen LogP contribution is 2.13. The first-order valence-electron chi connectivity index (χ1n) is 7.61. The fourth-order valence-electron chi connectivity index (χ4n) is 2.41. The summed E-state index contributed by atoms with van der Waals surface area (Å²) in [6.07, 6.45) is 3.44. The zero-order valence-corrected chi connectivity index (χ0v) is 13.0. The van der Waals surface area contributed by atoms with E-state index in [4.69, 9.17) is 0 Å². The Morgan fingerprint density at radius 3 is 2.42 bits per heavy atom. The van der Waals surface area contributed by atoms with Gasteiger partial charge in [0.05, 0.1) is 18.3 Å². The largest absolute Gasteiger partial charge is 0.324 e. The third kappa shape index (κ3) is 3.93. The lowest BCUT2D eigenvalue weighted by atomic mass is 10.0. The Labute approximate surface area is 140 Å². The highest BCUT2D eigenvalue weighted by Gasteiger charge is 2.10. The van der Waals surface area contributed by atoms with Crippen LogP contribution < -0.4 is 5.32 Å². The molecule has 1 amide bonds. The van der Waals surface area contributed by atoms with Gasteiger partial charge in [0, 0.05) is 17.3 Å². The number of anilines is 1. The normalized spacial score (nSPS) is 10.2. The first-order chi connectivity index (χ1) is 11.7. The van der Waals surface area contributed by atoms with Gasteiger partial charge in [0.15, 0.2) is 5.78 Å². The number of amides is 1. The van der Waals surface area contributed by atoms with Gasteiger partial charge >= 0.3 is 0 Å². The summed E-state index contributed by atoms with van der Waals surface area (Å²) in [7, 11) is 0. The fourth-order valence-corrected chi connectivity index (χ4v) is 2.41. The van der Waals surface area contributed by atoms with Gasteiger partial charge in [-0.2, -0.15) is 0 Å². The monoisotopic (exact) mass is 316 g/mol. The highest BCUT2D eigenvalue weighted by molar-refractivity contribution is 6.09. The number of rotatable bonds is 5. The van der Waals surface area contributed by atoms with Gasteiger partial charge in [-0.15, -0.1) is 0 Å². The lowest BCUT2D eigenvalue weighted by Gasteiger charge is -2.06. The molecule has 0 aliphatic carbocycles. The van der Waals surface area contributed by atoms with Crippen LogP contribution in [0.25, 0.3) is 0 Å². The van der Waals surface area contributed by atoms with Crippen molar-refractivity contribution in [3.05, 3.63) is 95.8 Å². The molecule has 0 bridgehead atoms. The molecule has 24 heavy (non-hydrogen) atoms. The van der Waals surface area contributed by atoms with Gasteiger partial charge in [0.1, 0.15) is 0 Å². The van der Waals surface area contributed by atoms with Crippen LogP contribution in [0.5, 0.6) is 0 Å². The third-order valence-electron chi connectivity index (χ3n) is 3.54. The lowest BCUT2D eigenvalue weighted by molar-refractivity contribution is -0.115. The zero-order chi connectivity index (χ0) is 16.8. The first-order valence-corrected chi connectivity index (χ1v) is 7.61. The molecule has 0 atom stereocenters. The average Bonchev–Trinajstić information content (AvgIpc) is 2.63. The lowest BCUT2D eigenvalue weighted by Crippen LogP contribution is -2.14. The number of nitrogens with one attached hydrogen (secondary N) is 1. The van der Waals surface area contributed by atoms with Gasteiger partial charge in [0.25, 0.3) is 0 Å². The minimum absolute atomic E-state index is 0.0508. The summed E-state index contributed by atoms with van der Waals surface area (Å²) in [5.74, 6) is -0.197. The SMILES string of the molecule is O=C(Cc1cccc(C(=O)c2ccccc2)c1)Nc1cccnc1. The van der Waals surface area contributed by atoms with E-state index < -0.39 is 0 Å². The molecule has 118 valence electrons. The zero-order valence-electron chi connectivity index (χ0n) is 13.0. The standard InChI is InChI=1S/C20H16N2O2/c23-19(22-18-10-5-11-21-14-18)13-15-6-4-9-17(12-15)20(24)16-7-2-1-3-8-16/h1-12,14H,13H2,(H,22,23). The molecule has 0 fully saturated rings. The van der Waals surface area contributed by atoms with Crippen LogP contribution in [0.4, 0.5) is 5.69 Å². The Morgan fingerprint density at radius 2 is 1.67 bits per heavy atom. The van der Waals surface area contributed by atoms with Crippen molar-refractivity contribution in [3.63, 3.8) is 0 Å². The molecule has 2 aromatic carbocycles. The summed E-state index contributed by atoms with van der Waals surface area (Å²) < 4.78 is 0. The number of hydrogen-bond donors (Lipinski definition) is 1. The van der Waals surface area contributed by atoms with E-state index in [0.717, 1.165) is 5.56 Å². The van der Waals surface area contributed by atoms with Crippen LogP contribution in [0, 0.1) is 0 Å². The van der Waals surface area contributed by atoms with Crippen LogP contribution in [0.15, 0.2) is 79.1 Å². The van der Waals surface area contributed by atoms with E-state index in [-0.39, 0.29) is 18.1 Å². The minimum atomic E-state index is -0.146. The number of aromatic nitrogens is 1. The molecule has 1 heterocycles. The van der Waals surface area contributed by atoms with Crippen molar-refractivity contribution in [2.24, 2.45) is 0 Å². The second-order valence-corrected chi connectivity index (χ2v) is 5.36. The predicted molar refractivity (Wildman–Crippen MR) is 92.9 cm³/mol. The Morgan fingerprint density at radius 1 is 0.875 bits per heavy atom. The maximum Gasteiger partial charge on any atom is 0.228 e. The summed E-state index contributed by atoms with van der Waals surface area (Å²) in [6, 6.07) is 19.8. The molecule has 1 aromatic heterocycles. The molecule has 3 aromatic rings. The maximum atomic E-state index is 12.5. The summed E-state index contributed by atoms with van der Waals surface area (Å²) >= 11 is 0. The molecule has 1 N–H and O–H groups in total. The van der Waals surface area contributed by atoms with Gasteiger partial charge < -0.3 is 5.32 Å². The van der Waals surface area contributed by atoms with E-state index in [1.165, 1.54) is 0 Å². The van der Waals surface area contributed by atoms with Gasteiger partial charge in [-0.05, 0) is 23.8 Å². The number of carbonyl (C=O) groups is 2. The number of carbonyl (C=O) groups excluding carboxylic acids is 2. The third-order valence-corrected chi connectivity index (χ3v) is 3.54. The molecular weight excluding hydrogens is 300 g/mol. The van der Waals surface area contributed by atoms with Crippen molar-refractivity contribution in [2.75, 3.05) is 5.32 Å². The molecular formula is C20H16N2O2. The Hall–Kier alpha value is -3.27. The molecule has 4 heteroatoms. The van der Waals surface area contributed by atoms with Crippen molar-refractivity contribution >= 4 is 17.4 Å². The van der Waals surface area contributed by atoms with Crippen LogP contribution in [0.3, 0.4) is 0 Å². The number of benzene rings is 2. The van der Waals surface area contributed by atoms with Crippen LogP contribution in [0.2, 0.25) is 0 Å². The molecule has 0 aliphatic heterocycles. The molecule has 0 unspecified atom stereocenters. The summed E-state index contributed by atoms with van der Waals surface area (Å²) in [5, 5.41) is 2.78. The molecule has 0 aliphatic rings. The Bertz CT molecular complexity index is 846. The van der Waals surface area contributed by atoms with E-state index >= 15 is 0 Å². The predicted octanol–water partition coefficient (Wildman–Crippen LogP) is 3.49. The van der Waals surface area contributed by atoms with E-state index in [1.807, 2.05) is 24.3 Å². The summed E-state index contributed by atoms with van der Waals surface area (Å²) in [4.78, 5) is 28.5. The van der Waals surface area contributed by atoms with Crippen LogP contribution >= 0.6 is 0 Å². The smallest absolute Gasteiger partial charge is 0.228 e. The van der Waals surface area contributed by atoms with Crippen LogP contribution in [-0.4, -0.2) is 16.7 Å². The Kier molecular flexibility index (Phi) is 4.77. The first kappa shape index (κ1) is 15.6. The van der Waals surface area contributed by atoms with E-state index in [2.05, 4.69) is 10.3 Å². The van der Waals surface area contributed by atoms with Crippen molar-refractivity contribution in [2.45, 2.75) is 6.42 Å². The summed E-state index contributed by atoms with van der Waals surface area (Å²) in [6.45, 7) is 0.